The van der Waals surface area contributed by atoms with Gasteiger partial charge in [0.15, 0.2) is 0 Å². The SMILES string of the molecule is CN1C(=O)N(C)C(c2ccccc2O)c2cccnc21. The number of phenols is 1. The fraction of sp³-hybridized carbons (Fsp3) is 0.200. The van der Waals surface area contributed by atoms with Gasteiger partial charge in [0.25, 0.3) is 0 Å². The first-order valence-corrected chi connectivity index (χ1v) is 6.34. The van der Waals surface area contributed by atoms with Gasteiger partial charge in [0.2, 0.25) is 0 Å². The highest BCUT2D eigenvalue weighted by atomic mass is 16.3. The van der Waals surface area contributed by atoms with Gasteiger partial charge in [-0.1, -0.05) is 24.3 Å². The second kappa shape index (κ2) is 4.52. The Bertz CT molecular complexity index is 672. The quantitative estimate of drug-likeness (QED) is 0.864. The summed E-state index contributed by atoms with van der Waals surface area (Å²) in [6.45, 7) is 0. The molecule has 102 valence electrons. The van der Waals surface area contributed by atoms with E-state index in [2.05, 4.69) is 4.98 Å². The predicted octanol–water partition coefficient (Wildman–Crippen LogP) is 2.38. The maximum Gasteiger partial charge on any atom is 0.325 e. The molecule has 1 atom stereocenters. The molecule has 0 bridgehead atoms. The first-order chi connectivity index (χ1) is 9.61. The first kappa shape index (κ1) is 12.5. The summed E-state index contributed by atoms with van der Waals surface area (Å²) >= 11 is 0. The van der Waals surface area contributed by atoms with Crippen LogP contribution in [0.5, 0.6) is 5.75 Å². The molecule has 1 aromatic heterocycles. The third-order valence-corrected chi connectivity index (χ3v) is 3.64. The summed E-state index contributed by atoms with van der Waals surface area (Å²) < 4.78 is 0. The van der Waals surface area contributed by atoms with Crippen LogP contribution in [0.3, 0.4) is 0 Å². The van der Waals surface area contributed by atoms with Crippen molar-refractivity contribution in [1.29, 1.82) is 0 Å². The van der Waals surface area contributed by atoms with Gasteiger partial charge in [-0.25, -0.2) is 9.78 Å². The number of carbonyl (C=O) groups is 1. The normalized spacial score (nSPS) is 18.1. The minimum absolute atomic E-state index is 0.149. The molecule has 1 aliphatic rings. The Hall–Kier alpha value is -2.56. The smallest absolute Gasteiger partial charge is 0.325 e. The molecule has 0 spiro atoms. The number of benzene rings is 1. The molecule has 20 heavy (non-hydrogen) atoms. The average molecular weight is 269 g/mol. The number of phenolic OH excluding ortho intramolecular Hbond substituents is 1. The molecule has 0 saturated carbocycles. The lowest BCUT2D eigenvalue weighted by Gasteiger charge is -2.38. The number of hydrogen-bond acceptors (Lipinski definition) is 3. The molecule has 2 amide bonds. The third-order valence-electron chi connectivity index (χ3n) is 3.64. The lowest BCUT2D eigenvalue weighted by molar-refractivity contribution is 0.201. The Morgan fingerprint density at radius 3 is 2.55 bits per heavy atom. The van der Waals surface area contributed by atoms with Crippen LogP contribution in [0.4, 0.5) is 10.6 Å². The van der Waals surface area contributed by atoms with Gasteiger partial charge in [-0.15, -0.1) is 0 Å². The van der Waals surface area contributed by atoms with E-state index in [0.29, 0.717) is 11.4 Å². The maximum atomic E-state index is 12.3. The van der Waals surface area contributed by atoms with Gasteiger partial charge < -0.3 is 10.0 Å². The largest absolute Gasteiger partial charge is 0.508 e. The molecular weight excluding hydrogens is 254 g/mol. The molecule has 0 radical (unpaired) electrons. The van der Waals surface area contributed by atoms with Crippen LogP contribution in [0.25, 0.3) is 0 Å². The lowest BCUT2D eigenvalue weighted by atomic mass is 9.95. The van der Waals surface area contributed by atoms with E-state index in [0.717, 1.165) is 5.56 Å². The molecule has 1 unspecified atom stereocenters. The van der Waals surface area contributed by atoms with E-state index in [1.807, 2.05) is 24.3 Å². The number of carbonyl (C=O) groups excluding carboxylic acids is 1. The van der Waals surface area contributed by atoms with Crippen LogP contribution in [0.2, 0.25) is 0 Å². The summed E-state index contributed by atoms with van der Waals surface area (Å²) in [4.78, 5) is 19.7. The van der Waals surface area contributed by atoms with Crippen LogP contribution in [-0.2, 0) is 0 Å². The van der Waals surface area contributed by atoms with Gasteiger partial charge in [0.1, 0.15) is 11.6 Å². The van der Waals surface area contributed by atoms with Crippen LogP contribution in [0.15, 0.2) is 42.6 Å². The Morgan fingerprint density at radius 2 is 1.80 bits per heavy atom. The fourth-order valence-corrected chi connectivity index (χ4v) is 2.64. The monoisotopic (exact) mass is 269 g/mol. The number of rotatable bonds is 1. The summed E-state index contributed by atoms with van der Waals surface area (Å²) in [5.74, 6) is 0.806. The van der Waals surface area contributed by atoms with E-state index >= 15 is 0 Å². The molecule has 0 saturated heterocycles. The summed E-state index contributed by atoms with van der Waals surface area (Å²) in [7, 11) is 3.43. The number of hydrogen-bond donors (Lipinski definition) is 1. The highest BCUT2D eigenvalue weighted by Crippen LogP contribution is 2.40. The van der Waals surface area contributed by atoms with Crippen molar-refractivity contribution in [3.05, 3.63) is 53.7 Å². The van der Waals surface area contributed by atoms with Crippen molar-refractivity contribution >= 4 is 11.8 Å². The molecule has 2 aromatic rings. The number of aromatic hydroxyl groups is 1. The summed E-state index contributed by atoms with van der Waals surface area (Å²) in [6.07, 6.45) is 1.66. The van der Waals surface area contributed by atoms with E-state index in [1.165, 1.54) is 4.90 Å². The first-order valence-electron chi connectivity index (χ1n) is 6.34. The number of amides is 2. The number of urea groups is 1. The van der Waals surface area contributed by atoms with Crippen molar-refractivity contribution in [2.75, 3.05) is 19.0 Å². The highest BCUT2D eigenvalue weighted by molar-refractivity contribution is 5.94. The van der Waals surface area contributed by atoms with E-state index in [-0.39, 0.29) is 17.8 Å². The molecule has 5 nitrogen and oxygen atoms in total. The summed E-state index contributed by atoms with van der Waals surface area (Å²) in [5, 5.41) is 10.1. The molecule has 1 aromatic carbocycles. The Kier molecular flexibility index (Phi) is 2.82. The number of nitrogens with zero attached hydrogens (tertiary/aromatic N) is 3. The summed E-state index contributed by atoms with van der Waals surface area (Å²) in [6, 6.07) is 10.4. The van der Waals surface area contributed by atoms with Gasteiger partial charge in [-0.3, -0.25) is 4.90 Å². The molecule has 5 heteroatoms. The van der Waals surface area contributed by atoms with E-state index in [4.69, 9.17) is 0 Å². The zero-order chi connectivity index (χ0) is 14.3. The van der Waals surface area contributed by atoms with Gasteiger partial charge >= 0.3 is 6.03 Å². The number of pyridine rings is 1. The van der Waals surface area contributed by atoms with Crippen molar-refractivity contribution in [3.8, 4) is 5.75 Å². The van der Waals surface area contributed by atoms with Gasteiger partial charge in [-0.2, -0.15) is 0 Å². The fourth-order valence-electron chi connectivity index (χ4n) is 2.64. The van der Waals surface area contributed by atoms with Gasteiger partial charge in [-0.05, 0) is 12.1 Å². The second-order valence-corrected chi connectivity index (χ2v) is 4.83. The van der Waals surface area contributed by atoms with Crippen LogP contribution >= 0.6 is 0 Å². The van der Waals surface area contributed by atoms with Crippen molar-refractivity contribution in [3.63, 3.8) is 0 Å². The third kappa shape index (κ3) is 1.71. The molecular formula is C15H15N3O2. The molecule has 0 aliphatic carbocycles. The predicted molar refractivity (Wildman–Crippen MR) is 75.7 cm³/mol. The minimum Gasteiger partial charge on any atom is -0.508 e. The van der Waals surface area contributed by atoms with Crippen molar-refractivity contribution in [1.82, 2.24) is 9.88 Å². The second-order valence-electron chi connectivity index (χ2n) is 4.83. The average Bonchev–Trinajstić information content (AvgIpc) is 2.47. The van der Waals surface area contributed by atoms with Crippen LogP contribution in [0, 0.1) is 0 Å². The van der Waals surface area contributed by atoms with E-state index < -0.39 is 0 Å². The van der Waals surface area contributed by atoms with E-state index in [1.54, 1.807) is 37.3 Å². The molecule has 2 heterocycles. The molecule has 1 N–H and O–H groups in total. The minimum atomic E-state index is -0.330. The number of aromatic nitrogens is 1. The number of anilines is 1. The maximum absolute atomic E-state index is 12.3. The zero-order valence-corrected chi connectivity index (χ0v) is 11.3. The lowest BCUT2D eigenvalue weighted by Crippen LogP contribution is -2.46. The standard InChI is InChI=1S/C15H15N3O2/c1-17-13(10-6-3-4-8-12(10)19)11-7-5-9-16-14(11)18(2)15(17)20/h3-9,13,19H,1-2H3. The summed E-state index contributed by atoms with van der Waals surface area (Å²) in [5.41, 5.74) is 1.60. The van der Waals surface area contributed by atoms with Gasteiger partial charge in [0, 0.05) is 31.4 Å². The van der Waals surface area contributed by atoms with Crippen molar-refractivity contribution in [2.24, 2.45) is 0 Å². The molecule has 0 fully saturated rings. The van der Waals surface area contributed by atoms with Crippen molar-refractivity contribution < 1.29 is 9.90 Å². The van der Waals surface area contributed by atoms with Crippen LogP contribution < -0.4 is 4.90 Å². The highest BCUT2D eigenvalue weighted by Gasteiger charge is 2.36. The Labute approximate surface area is 117 Å². The molecule has 3 rings (SSSR count). The zero-order valence-electron chi connectivity index (χ0n) is 11.3. The number of fused-ring (bicyclic) bond motifs is 1. The van der Waals surface area contributed by atoms with Crippen molar-refractivity contribution in [2.45, 2.75) is 6.04 Å². The van der Waals surface area contributed by atoms with E-state index in [9.17, 15) is 9.90 Å². The Balaban J connectivity index is 2.22. The molecule has 1 aliphatic heterocycles. The van der Waals surface area contributed by atoms with Crippen LogP contribution in [0.1, 0.15) is 17.2 Å². The van der Waals surface area contributed by atoms with Crippen LogP contribution in [-0.4, -0.2) is 35.1 Å². The topological polar surface area (TPSA) is 56.7 Å². The Morgan fingerprint density at radius 1 is 1.10 bits per heavy atom. The van der Waals surface area contributed by atoms with Gasteiger partial charge in [0.05, 0.1) is 6.04 Å². The number of para-hydroxylation sites is 1.